The average Bonchev–Trinajstić information content (AvgIpc) is 2.38. The lowest BCUT2D eigenvalue weighted by Crippen LogP contribution is -2.59. The van der Waals surface area contributed by atoms with Crippen molar-refractivity contribution < 1.29 is 9.53 Å². The Morgan fingerprint density at radius 3 is 2.71 bits per heavy atom. The minimum absolute atomic E-state index is 0.148. The van der Waals surface area contributed by atoms with Gasteiger partial charge in [0.25, 0.3) is 0 Å². The molecule has 2 fully saturated rings. The topological polar surface area (TPSA) is 41.6 Å². The van der Waals surface area contributed by atoms with Gasteiger partial charge >= 0.3 is 6.09 Å². The van der Waals surface area contributed by atoms with Gasteiger partial charge < -0.3 is 10.1 Å². The highest BCUT2D eigenvalue weighted by atomic mass is 16.6. The van der Waals surface area contributed by atoms with Gasteiger partial charge in [-0.1, -0.05) is 0 Å². The van der Waals surface area contributed by atoms with Gasteiger partial charge in [0.05, 0.1) is 5.66 Å². The number of hydrogen-bond donors (Lipinski definition) is 1. The summed E-state index contributed by atoms with van der Waals surface area (Å²) in [7, 11) is 2.12. The lowest BCUT2D eigenvalue weighted by Gasteiger charge is -2.43. The van der Waals surface area contributed by atoms with Gasteiger partial charge in [-0.15, -0.1) is 0 Å². The van der Waals surface area contributed by atoms with Crippen molar-refractivity contribution in [3.63, 3.8) is 0 Å². The van der Waals surface area contributed by atoms with Crippen LogP contribution in [0.15, 0.2) is 0 Å². The molecule has 2 bridgehead atoms. The van der Waals surface area contributed by atoms with Crippen molar-refractivity contribution in [3.8, 4) is 0 Å². The Kier molecular flexibility index (Phi) is 3.10. The quantitative estimate of drug-likeness (QED) is 0.765. The van der Waals surface area contributed by atoms with E-state index < -0.39 is 5.60 Å². The molecule has 1 N–H and O–H groups in total. The first-order chi connectivity index (χ1) is 7.82. The summed E-state index contributed by atoms with van der Waals surface area (Å²) in [6, 6.07) is 0.638. The molecular weight excluding hydrogens is 216 g/mol. The zero-order valence-electron chi connectivity index (χ0n) is 11.4. The second kappa shape index (κ2) is 4.16. The zero-order chi connectivity index (χ0) is 12.7. The summed E-state index contributed by atoms with van der Waals surface area (Å²) in [6.07, 6.45) is 5.45. The fourth-order valence-electron chi connectivity index (χ4n) is 3.10. The molecule has 2 saturated heterocycles. The van der Waals surface area contributed by atoms with E-state index in [9.17, 15) is 4.79 Å². The molecule has 0 radical (unpaired) electrons. The molecule has 0 aromatic rings. The van der Waals surface area contributed by atoms with E-state index in [0.29, 0.717) is 6.04 Å². The number of hydrogen-bond acceptors (Lipinski definition) is 3. The lowest BCUT2D eigenvalue weighted by atomic mass is 9.98. The highest BCUT2D eigenvalue weighted by molar-refractivity contribution is 5.68. The van der Waals surface area contributed by atoms with Crippen LogP contribution in [0.3, 0.4) is 0 Å². The number of carbonyl (C=O) groups is 1. The summed E-state index contributed by atoms with van der Waals surface area (Å²) in [5.41, 5.74) is -0.572. The SMILES string of the molecule is CN1C2CCCC1(NC(=O)OC(C)(C)C)CC2. The van der Waals surface area contributed by atoms with Crippen LogP contribution in [0.2, 0.25) is 0 Å². The normalized spacial score (nSPS) is 33.5. The maximum absolute atomic E-state index is 11.9. The van der Waals surface area contributed by atoms with Crippen LogP contribution in [0.4, 0.5) is 4.79 Å². The standard InChI is InChI=1S/C13H24N2O2/c1-12(2,3)17-11(16)14-13-8-5-6-10(7-9-13)15(13)4/h10H,5-9H2,1-4H3,(H,14,16). The summed E-state index contributed by atoms with van der Waals surface area (Å²) >= 11 is 0. The third-order valence-electron chi connectivity index (χ3n) is 3.98. The monoisotopic (exact) mass is 240 g/mol. The fourth-order valence-corrected chi connectivity index (χ4v) is 3.10. The fraction of sp³-hybridized carbons (Fsp3) is 0.923. The zero-order valence-corrected chi connectivity index (χ0v) is 11.4. The molecule has 2 rings (SSSR count). The molecule has 0 aliphatic carbocycles. The first-order valence-corrected chi connectivity index (χ1v) is 6.56. The molecule has 17 heavy (non-hydrogen) atoms. The third-order valence-corrected chi connectivity index (χ3v) is 3.98. The highest BCUT2D eigenvalue weighted by Crippen LogP contribution is 2.41. The number of nitrogens with zero attached hydrogens (tertiary/aromatic N) is 1. The Morgan fingerprint density at radius 2 is 2.06 bits per heavy atom. The first-order valence-electron chi connectivity index (χ1n) is 6.56. The van der Waals surface area contributed by atoms with Gasteiger partial charge in [0.1, 0.15) is 5.60 Å². The van der Waals surface area contributed by atoms with Gasteiger partial charge in [0.15, 0.2) is 0 Å². The van der Waals surface area contributed by atoms with E-state index in [-0.39, 0.29) is 11.8 Å². The minimum Gasteiger partial charge on any atom is -0.444 e. The van der Waals surface area contributed by atoms with Crippen molar-refractivity contribution in [2.24, 2.45) is 0 Å². The molecule has 2 atom stereocenters. The molecular formula is C13H24N2O2. The Hall–Kier alpha value is -0.770. The van der Waals surface area contributed by atoms with Gasteiger partial charge in [0, 0.05) is 6.04 Å². The van der Waals surface area contributed by atoms with Crippen LogP contribution >= 0.6 is 0 Å². The van der Waals surface area contributed by atoms with Crippen molar-refractivity contribution in [2.45, 2.75) is 70.2 Å². The molecule has 4 nitrogen and oxygen atoms in total. The molecule has 2 unspecified atom stereocenters. The van der Waals surface area contributed by atoms with E-state index in [1.54, 1.807) is 0 Å². The Labute approximate surface area is 104 Å². The average molecular weight is 240 g/mol. The van der Waals surface area contributed by atoms with Gasteiger partial charge in [0.2, 0.25) is 0 Å². The van der Waals surface area contributed by atoms with Crippen LogP contribution < -0.4 is 5.32 Å². The Balaban J connectivity index is 2.00. The molecule has 98 valence electrons. The maximum atomic E-state index is 11.9. The molecule has 4 heteroatoms. The second-order valence-corrected chi connectivity index (χ2v) is 6.35. The van der Waals surface area contributed by atoms with Crippen molar-refractivity contribution >= 4 is 6.09 Å². The summed E-state index contributed by atoms with van der Waals surface area (Å²) in [6.45, 7) is 5.69. The summed E-state index contributed by atoms with van der Waals surface area (Å²) < 4.78 is 5.36. The van der Waals surface area contributed by atoms with Crippen LogP contribution in [0, 0.1) is 0 Å². The smallest absolute Gasteiger partial charge is 0.409 e. The van der Waals surface area contributed by atoms with Crippen LogP contribution in [0.1, 0.15) is 52.9 Å². The van der Waals surface area contributed by atoms with Gasteiger partial charge in [-0.2, -0.15) is 0 Å². The van der Waals surface area contributed by atoms with Crippen molar-refractivity contribution in [1.82, 2.24) is 10.2 Å². The number of amides is 1. The summed E-state index contributed by atoms with van der Waals surface area (Å²) in [4.78, 5) is 14.2. The largest absolute Gasteiger partial charge is 0.444 e. The minimum atomic E-state index is -0.425. The predicted octanol–water partition coefficient (Wildman–Crippen LogP) is 2.49. The van der Waals surface area contributed by atoms with Crippen LogP contribution in [-0.2, 0) is 4.74 Å². The number of nitrogens with one attached hydrogen (secondary N) is 1. The maximum Gasteiger partial charge on any atom is 0.409 e. The first kappa shape index (κ1) is 12.7. The number of rotatable bonds is 1. The predicted molar refractivity (Wildman–Crippen MR) is 66.7 cm³/mol. The molecule has 2 heterocycles. The van der Waals surface area contributed by atoms with E-state index in [0.717, 1.165) is 12.8 Å². The third kappa shape index (κ3) is 2.57. The Bertz CT molecular complexity index is 307. The van der Waals surface area contributed by atoms with Gasteiger partial charge in [-0.3, -0.25) is 4.90 Å². The second-order valence-electron chi connectivity index (χ2n) is 6.35. The van der Waals surface area contributed by atoms with E-state index in [2.05, 4.69) is 17.3 Å². The summed E-state index contributed by atoms with van der Waals surface area (Å²) in [5.74, 6) is 0. The highest BCUT2D eigenvalue weighted by Gasteiger charge is 2.48. The number of fused-ring (bicyclic) bond motifs is 2. The van der Waals surface area contributed by atoms with E-state index in [1.165, 1.54) is 19.3 Å². The molecule has 0 aromatic heterocycles. The number of piperidine rings is 1. The molecule has 0 saturated carbocycles. The molecule has 1 amide bonds. The molecule has 0 spiro atoms. The van der Waals surface area contributed by atoms with Crippen molar-refractivity contribution in [2.75, 3.05) is 7.05 Å². The molecule has 2 aliphatic heterocycles. The lowest BCUT2D eigenvalue weighted by molar-refractivity contribution is 0.0138. The number of carbonyl (C=O) groups excluding carboxylic acids is 1. The van der Waals surface area contributed by atoms with Gasteiger partial charge in [-0.25, -0.2) is 4.79 Å². The van der Waals surface area contributed by atoms with E-state index >= 15 is 0 Å². The van der Waals surface area contributed by atoms with Crippen LogP contribution in [0.5, 0.6) is 0 Å². The van der Waals surface area contributed by atoms with Crippen molar-refractivity contribution in [3.05, 3.63) is 0 Å². The van der Waals surface area contributed by atoms with E-state index in [4.69, 9.17) is 4.74 Å². The number of alkyl carbamates (subject to hydrolysis) is 1. The van der Waals surface area contributed by atoms with Gasteiger partial charge in [-0.05, 0) is 59.9 Å². The van der Waals surface area contributed by atoms with Crippen molar-refractivity contribution in [1.29, 1.82) is 0 Å². The van der Waals surface area contributed by atoms with E-state index in [1.807, 2.05) is 20.8 Å². The van der Waals surface area contributed by atoms with Crippen LogP contribution in [0.25, 0.3) is 0 Å². The summed E-state index contributed by atoms with van der Waals surface area (Å²) in [5, 5.41) is 3.09. The Morgan fingerprint density at radius 1 is 1.35 bits per heavy atom. The molecule has 2 aliphatic rings. The van der Waals surface area contributed by atoms with Crippen LogP contribution in [-0.4, -0.2) is 35.3 Å². The number of ether oxygens (including phenoxy) is 1. The molecule has 0 aromatic carbocycles.